The highest BCUT2D eigenvalue weighted by Crippen LogP contribution is 2.26. The summed E-state index contributed by atoms with van der Waals surface area (Å²) < 4.78 is 54.9. The van der Waals surface area contributed by atoms with Crippen LogP contribution in [0.4, 0.5) is 29.2 Å². The molecule has 3 aromatic rings. The summed E-state index contributed by atoms with van der Waals surface area (Å²) in [6.07, 6.45) is -4.17. The van der Waals surface area contributed by atoms with E-state index >= 15 is 4.39 Å². The van der Waals surface area contributed by atoms with Crippen molar-refractivity contribution in [1.29, 1.82) is 0 Å². The molecule has 2 N–H and O–H groups in total. The first-order chi connectivity index (χ1) is 17.5. The molecule has 1 aliphatic rings. The number of aromatic nitrogens is 2. The Morgan fingerprint density at radius 1 is 1.16 bits per heavy atom. The number of para-hydroxylation sites is 1. The molecule has 1 saturated heterocycles. The molecule has 1 aliphatic heterocycles. The lowest BCUT2D eigenvalue weighted by Crippen LogP contribution is -2.50. The van der Waals surface area contributed by atoms with Gasteiger partial charge in [0.1, 0.15) is 5.82 Å². The molecule has 0 unspecified atom stereocenters. The van der Waals surface area contributed by atoms with Crippen LogP contribution >= 0.6 is 0 Å². The molecule has 0 spiro atoms. The predicted molar refractivity (Wildman–Crippen MR) is 132 cm³/mol. The summed E-state index contributed by atoms with van der Waals surface area (Å²) in [6.45, 7) is 1.50. The first-order valence-corrected chi connectivity index (χ1v) is 11.7. The van der Waals surface area contributed by atoms with Gasteiger partial charge in [-0.25, -0.2) is 14.2 Å². The smallest absolute Gasteiger partial charge is 0.401 e. The molecule has 8 nitrogen and oxygen atoms in total. The van der Waals surface area contributed by atoms with Gasteiger partial charge in [-0.15, -0.1) is 0 Å². The number of halogens is 4. The third kappa shape index (κ3) is 5.68. The number of nitrogens with one attached hydrogen (secondary N) is 1. The molecule has 0 amide bonds. The Bertz CT molecular complexity index is 1380. The number of anilines is 2. The van der Waals surface area contributed by atoms with E-state index < -0.39 is 24.5 Å². The third-order valence-electron chi connectivity index (χ3n) is 6.47. The fraction of sp³-hybridized carbons (Fsp3) is 0.400. The number of hydrogen-bond donors (Lipinski definition) is 2. The first-order valence-electron chi connectivity index (χ1n) is 11.7. The highest BCUT2D eigenvalue weighted by Gasteiger charge is 2.33. The zero-order valence-corrected chi connectivity index (χ0v) is 20.4. The fourth-order valence-corrected chi connectivity index (χ4v) is 4.61. The maximum Gasteiger partial charge on any atom is 0.401 e. The van der Waals surface area contributed by atoms with Gasteiger partial charge in [0, 0.05) is 51.0 Å². The van der Waals surface area contributed by atoms with Crippen molar-refractivity contribution in [2.75, 3.05) is 49.5 Å². The zero-order chi connectivity index (χ0) is 26.9. The maximum absolute atomic E-state index is 15.3. The van der Waals surface area contributed by atoms with Gasteiger partial charge in [0.05, 0.1) is 23.0 Å². The molecule has 0 atom stereocenters. The van der Waals surface area contributed by atoms with Crippen molar-refractivity contribution < 1.29 is 27.5 Å². The predicted octanol–water partition coefficient (Wildman–Crippen LogP) is 3.42. The molecule has 1 aromatic heterocycles. The van der Waals surface area contributed by atoms with Crippen LogP contribution in [0.15, 0.2) is 35.1 Å². The molecule has 0 radical (unpaired) electrons. The van der Waals surface area contributed by atoms with E-state index in [9.17, 15) is 27.9 Å². The van der Waals surface area contributed by atoms with Gasteiger partial charge in [-0.3, -0.25) is 14.3 Å². The van der Waals surface area contributed by atoms with E-state index in [0.717, 1.165) is 0 Å². The van der Waals surface area contributed by atoms with Crippen molar-refractivity contribution in [1.82, 2.24) is 14.5 Å². The molecule has 0 saturated carbocycles. The number of alkyl halides is 3. The number of aromatic carboxylic acids is 1. The number of hydrogen-bond acceptors (Lipinski definition) is 6. The summed E-state index contributed by atoms with van der Waals surface area (Å²) in [6, 6.07) is 7.80. The van der Waals surface area contributed by atoms with E-state index in [2.05, 4.69) is 10.3 Å². The summed E-state index contributed by atoms with van der Waals surface area (Å²) in [5.74, 6) is -1.35. The van der Waals surface area contributed by atoms with E-state index in [1.807, 2.05) is 0 Å². The average molecular weight is 522 g/mol. The third-order valence-corrected chi connectivity index (χ3v) is 6.47. The zero-order valence-electron chi connectivity index (χ0n) is 20.4. The summed E-state index contributed by atoms with van der Waals surface area (Å²) in [4.78, 5) is 32.3. The maximum atomic E-state index is 15.3. The summed E-state index contributed by atoms with van der Waals surface area (Å²) >= 11 is 0. The second-order valence-corrected chi connectivity index (χ2v) is 9.06. The minimum absolute atomic E-state index is 0.0796. The van der Waals surface area contributed by atoms with Gasteiger partial charge in [-0.2, -0.15) is 13.2 Å². The van der Waals surface area contributed by atoms with Crippen LogP contribution in [0.1, 0.15) is 21.5 Å². The number of rotatable bonds is 7. The minimum atomic E-state index is -4.29. The second-order valence-electron chi connectivity index (χ2n) is 9.06. The van der Waals surface area contributed by atoms with Crippen LogP contribution in [0.5, 0.6) is 0 Å². The van der Waals surface area contributed by atoms with Gasteiger partial charge in [0.2, 0.25) is 5.95 Å². The quantitative estimate of drug-likeness (QED) is 0.461. The molecule has 1 fully saturated rings. The fourth-order valence-electron chi connectivity index (χ4n) is 4.61. The average Bonchev–Trinajstić information content (AvgIpc) is 2.84. The van der Waals surface area contributed by atoms with Crippen LogP contribution in [-0.2, 0) is 13.5 Å². The molecule has 0 bridgehead atoms. The summed E-state index contributed by atoms with van der Waals surface area (Å²) in [5, 5.41) is 12.6. The van der Waals surface area contributed by atoms with Crippen LogP contribution in [0, 0.1) is 12.7 Å². The lowest BCUT2D eigenvalue weighted by molar-refractivity contribution is -0.146. The molecule has 37 heavy (non-hydrogen) atoms. The van der Waals surface area contributed by atoms with Gasteiger partial charge in [-0.1, -0.05) is 12.1 Å². The van der Waals surface area contributed by atoms with Crippen LogP contribution in [0.2, 0.25) is 0 Å². The molecule has 12 heteroatoms. The minimum Gasteiger partial charge on any atom is -0.478 e. The first kappa shape index (κ1) is 26.4. The molecule has 198 valence electrons. The number of fused-ring (bicyclic) bond motifs is 1. The Morgan fingerprint density at radius 3 is 2.49 bits per heavy atom. The van der Waals surface area contributed by atoms with E-state index in [-0.39, 0.29) is 78.2 Å². The topological polar surface area (TPSA) is 90.7 Å². The Balaban J connectivity index is 1.63. The molecular formula is C25H27F4N5O3. The monoisotopic (exact) mass is 521 g/mol. The van der Waals surface area contributed by atoms with Gasteiger partial charge in [-0.05, 0) is 37.1 Å². The highest BCUT2D eigenvalue weighted by atomic mass is 19.4. The Morgan fingerprint density at radius 2 is 1.84 bits per heavy atom. The number of benzene rings is 2. The normalized spacial score (nSPS) is 14.8. The van der Waals surface area contributed by atoms with Crippen molar-refractivity contribution in [3.05, 3.63) is 63.2 Å². The van der Waals surface area contributed by atoms with Gasteiger partial charge >= 0.3 is 12.1 Å². The van der Waals surface area contributed by atoms with Crippen LogP contribution in [0.3, 0.4) is 0 Å². The van der Waals surface area contributed by atoms with Crippen molar-refractivity contribution in [2.24, 2.45) is 7.05 Å². The van der Waals surface area contributed by atoms with Gasteiger partial charge in [0.15, 0.2) is 0 Å². The molecule has 0 aliphatic carbocycles. The number of piperazine rings is 1. The van der Waals surface area contributed by atoms with E-state index in [4.69, 9.17) is 0 Å². The number of aryl methyl sites for hydroxylation is 1. The molecule has 4 rings (SSSR count). The van der Waals surface area contributed by atoms with E-state index in [1.54, 1.807) is 30.0 Å². The van der Waals surface area contributed by atoms with Crippen molar-refractivity contribution >= 4 is 28.5 Å². The number of carboxylic acids is 1. The lowest BCUT2D eigenvalue weighted by atomic mass is 10.0. The van der Waals surface area contributed by atoms with Crippen molar-refractivity contribution in [3.8, 4) is 0 Å². The standard InChI is InChI=1S/C25H27F4N5O3/c1-15-13-18-21(17(20(15)26)7-8-30-19-6-4-3-5-16(19)23(36)37)31-24(32(2)22(18)35)34-11-9-33(10-12-34)14-25(27,28)29/h3-6,13,30H,7-12,14H2,1-2H3,(H,36,37). The molecule has 2 heterocycles. The summed E-state index contributed by atoms with van der Waals surface area (Å²) in [7, 11) is 1.54. The van der Waals surface area contributed by atoms with Crippen LogP contribution in [-0.4, -0.2) is 71.0 Å². The van der Waals surface area contributed by atoms with Crippen LogP contribution < -0.4 is 15.8 Å². The number of carbonyl (C=O) groups is 1. The summed E-state index contributed by atoms with van der Waals surface area (Å²) in [5.41, 5.74) is 0.758. The van der Waals surface area contributed by atoms with Crippen molar-refractivity contribution in [2.45, 2.75) is 19.5 Å². The van der Waals surface area contributed by atoms with E-state index in [1.165, 1.54) is 28.6 Å². The Hall–Kier alpha value is -3.67. The van der Waals surface area contributed by atoms with Gasteiger partial charge < -0.3 is 15.3 Å². The highest BCUT2D eigenvalue weighted by molar-refractivity contribution is 5.94. The Kier molecular flexibility index (Phi) is 7.39. The van der Waals surface area contributed by atoms with E-state index in [0.29, 0.717) is 5.69 Å². The lowest BCUT2D eigenvalue weighted by Gasteiger charge is -2.36. The van der Waals surface area contributed by atoms with Crippen LogP contribution in [0.25, 0.3) is 10.9 Å². The second kappa shape index (κ2) is 10.4. The Labute approximate surface area is 210 Å². The SMILES string of the molecule is Cc1cc2c(=O)n(C)c(N3CCN(CC(F)(F)F)CC3)nc2c(CCNc2ccccc2C(=O)O)c1F. The van der Waals surface area contributed by atoms with Gasteiger partial charge in [0.25, 0.3) is 5.56 Å². The number of nitrogens with zero attached hydrogens (tertiary/aromatic N) is 4. The molecular weight excluding hydrogens is 494 g/mol. The molecule has 2 aromatic carbocycles. The number of carboxylic acid groups (broad SMARTS) is 1. The van der Waals surface area contributed by atoms with Crippen molar-refractivity contribution in [3.63, 3.8) is 0 Å². The largest absolute Gasteiger partial charge is 0.478 e.